The molecular formula is C20H32O4. The summed E-state index contributed by atoms with van der Waals surface area (Å²) in [4.78, 5) is 10.4. The lowest BCUT2D eigenvalue weighted by atomic mass is 10.1. The van der Waals surface area contributed by atoms with E-state index in [0.29, 0.717) is 6.42 Å². The van der Waals surface area contributed by atoms with E-state index in [1.165, 1.54) is 32.1 Å². The number of rotatable bonds is 14. The molecule has 24 heavy (non-hydrogen) atoms. The third-order valence-corrected chi connectivity index (χ3v) is 3.53. The summed E-state index contributed by atoms with van der Waals surface area (Å²) in [6, 6.07) is 0. The van der Waals surface area contributed by atoms with Crippen LogP contribution < -0.4 is 0 Å². The summed E-state index contributed by atoms with van der Waals surface area (Å²) in [7, 11) is 0. The Morgan fingerprint density at radius 2 is 1.42 bits per heavy atom. The second-order valence-electron chi connectivity index (χ2n) is 5.79. The van der Waals surface area contributed by atoms with Crippen LogP contribution >= 0.6 is 0 Å². The van der Waals surface area contributed by atoms with Crippen LogP contribution in [0.4, 0.5) is 0 Å². The molecule has 0 unspecified atom stereocenters. The summed E-state index contributed by atoms with van der Waals surface area (Å²) in [5, 5.41) is 27.7. The van der Waals surface area contributed by atoms with Gasteiger partial charge in [0.2, 0.25) is 0 Å². The first-order valence-electron chi connectivity index (χ1n) is 8.88. The highest BCUT2D eigenvalue weighted by atomic mass is 16.4. The minimum atomic E-state index is -0.902. The highest BCUT2D eigenvalue weighted by Crippen LogP contribution is 2.11. The molecule has 136 valence electrons. The quantitative estimate of drug-likeness (QED) is 0.207. The summed E-state index contributed by atoms with van der Waals surface area (Å²) < 4.78 is 0. The number of carbonyl (C=O) groups is 1. The molecule has 0 saturated heterocycles. The Labute approximate surface area is 145 Å². The third-order valence-electron chi connectivity index (χ3n) is 3.53. The number of carboxylic acids is 1. The molecule has 0 aliphatic heterocycles. The van der Waals surface area contributed by atoms with Gasteiger partial charge < -0.3 is 15.3 Å². The van der Waals surface area contributed by atoms with Crippen LogP contribution in [0.25, 0.3) is 0 Å². The first kappa shape index (κ1) is 22.0. The van der Waals surface area contributed by atoms with Crippen molar-refractivity contribution in [2.75, 3.05) is 0 Å². The summed E-state index contributed by atoms with van der Waals surface area (Å²) in [5.74, 6) is -1.14. The smallest absolute Gasteiger partial charge is 0.303 e. The van der Waals surface area contributed by atoms with Gasteiger partial charge >= 0.3 is 5.97 Å². The topological polar surface area (TPSA) is 77.8 Å². The van der Waals surface area contributed by atoms with Gasteiger partial charge in [-0.1, -0.05) is 69.1 Å². The van der Waals surface area contributed by atoms with Gasteiger partial charge in [0.25, 0.3) is 0 Å². The van der Waals surface area contributed by atoms with Crippen LogP contribution in [0.3, 0.4) is 0 Å². The van der Waals surface area contributed by atoms with Crippen LogP contribution in [0.2, 0.25) is 0 Å². The number of hydrogen-bond donors (Lipinski definition) is 3. The fourth-order valence-corrected chi connectivity index (χ4v) is 2.10. The summed E-state index contributed by atoms with van der Waals surface area (Å²) in [6.07, 6.45) is 19.8. The molecular weight excluding hydrogens is 304 g/mol. The molecule has 0 aromatic carbocycles. The summed E-state index contributed by atoms with van der Waals surface area (Å²) in [5.41, 5.74) is 0. The standard InChI is InChI=1S/C20H32O4/c1-2-3-4-5-6-7-8-9-10-11-12-13-15-18(21)19(22)16-14-17-20(23)24/h8-13,21-22H,2-7,14-17H2,1H3,(H,23,24)/b9-8+,11-10-,13-12-,19-18-. The molecule has 0 amide bonds. The van der Waals surface area contributed by atoms with E-state index < -0.39 is 5.97 Å². The van der Waals surface area contributed by atoms with Gasteiger partial charge in [-0.2, -0.15) is 0 Å². The second-order valence-corrected chi connectivity index (χ2v) is 5.79. The maximum Gasteiger partial charge on any atom is 0.303 e. The van der Waals surface area contributed by atoms with E-state index in [1.54, 1.807) is 6.08 Å². The van der Waals surface area contributed by atoms with Gasteiger partial charge in [0.05, 0.1) is 0 Å². The van der Waals surface area contributed by atoms with Gasteiger partial charge in [0, 0.05) is 19.3 Å². The molecule has 0 heterocycles. The molecule has 3 N–H and O–H groups in total. The van der Waals surface area contributed by atoms with Gasteiger partial charge in [-0.25, -0.2) is 0 Å². The second kappa shape index (κ2) is 15.9. The van der Waals surface area contributed by atoms with Gasteiger partial charge in [0.1, 0.15) is 11.5 Å². The number of aliphatic hydroxyl groups is 2. The maximum atomic E-state index is 10.4. The molecule has 0 aliphatic rings. The third kappa shape index (κ3) is 14.9. The largest absolute Gasteiger partial charge is 0.509 e. The average molecular weight is 336 g/mol. The van der Waals surface area contributed by atoms with E-state index >= 15 is 0 Å². The molecule has 4 heteroatoms. The molecule has 0 saturated carbocycles. The van der Waals surface area contributed by atoms with Crippen molar-refractivity contribution in [1.29, 1.82) is 0 Å². The van der Waals surface area contributed by atoms with Crippen LogP contribution in [0.1, 0.15) is 71.1 Å². The van der Waals surface area contributed by atoms with Crippen molar-refractivity contribution in [2.45, 2.75) is 71.1 Å². The first-order chi connectivity index (χ1) is 11.6. The Morgan fingerprint density at radius 1 is 0.750 bits per heavy atom. The monoisotopic (exact) mass is 336 g/mol. The zero-order chi connectivity index (χ0) is 18.0. The molecule has 0 atom stereocenters. The Hall–Kier alpha value is -1.97. The van der Waals surface area contributed by atoms with Crippen molar-refractivity contribution in [3.05, 3.63) is 48.0 Å². The van der Waals surface area contributed by atoms with Gasteiger partial charge in [-0.05, 0) is 19.3 Å². The van der Waals surface area contributed by atoms with Gasteiger partial charge in [-0.15, -0.1) is 0 Å². The molecule has 0 spiro atoms. The molecule has 0 aromatic heterocycles. The number of aliphatic hydroxyl groups excluding tert-OH is 2. The van der Waals surface area contributed by atoms with Crippen molar-refractivity contribution in [2.24, 2.45) is 0 Å². The van der Waals surface area contributed by atoms with Crippen LogP contribution in [-0.2, 0) is 4.79 Å². The molecule has 0 bridgehead atoms. The van der Waals surface area contributed by atoms with Gasteiger partial charge in [0.15, 0.2) is 0 Å². The zero-order valence-electron chi connectivity index (χ0n) is 14.8. The van der Waals surface area contributed by atoms with Crippen LogP contribution in [0.15, 0.2) is 48.0 Å². The lowest BCUT2D eigenvalue weighted by molar-refractivity contribution is -0.137. The Morgan fingerprint density at radius 3 is 2.08 bits per heavy atom. The molecule has 0 fully saturated rings. The number of unbranched alkanes of at least 4 members (excludes halogenated alkanes) is 5. The van der Waals surface area contributed by atoms with Crippen molar-refractivity contribution >= 4 is 5.97 Å². The van der Waals surface area contributed by atoms with E-state index in [2.05, 4.69) is 13.0 Å². The predicted octanol–water partition coefficient (Wildman–Crippen LogP) is 5.99. The maximum absolute atomic E-state index is 10.4. The van der Waals surface area contributed by atoms with E-state index in [1.807, 2.05) is 24.3 Å². The summed E-state index contributed by atoms with van der Waals surface area (Å²) in [6.45, 7) is 2.22. The fourth-order valence-electron chi connectivity index (χ4n) is 2.10. The van der Waals surface area contributed by atoms with E-state index in [0.717, 1.165) is 6.42 Å². The fraction of sp³-hybridized carbons (Fsp3) is 0.550. The minimum absolute atomic E-state index is 0.0130. The van der Waals surface area contributed by atoms with Gasteiger partial charge in [-0.3, -0.25) is 4.79 Å². The Bertz CT molecular complexity index is 445. The SMILES string of the molecule is CCCCCCC/C=C/C=C\C=C/C/C(O)=C(/O)CCCC(=O)O. The predicted molar refractivity (Wildman–Crippen MR) is 99.2 cm³/mol. The van der Waals surface area contributed by atoms with Crippen molar-refractivity contribution in [3.63, 3.8) is 0 Å². The van der Waals surface area contributed by atoms with Crippen molar-refractivity contribution in [3.8, 4) is 0 Å². The zero-order valence-corrected chi connectivity index (χ0v) is 14.8. The highest BCUT2D eigenvalue weighted by Gasteiger charge is 2.04. The lowest BCUT2D eigenvalue weighted by Crippen LogP contribution is -1.96. The minimum Gasteiger partial charge on any atom is -0.509 e. The number of carboxylic acid groups (broad SMARTS) is 1. The Kier molecular flexibility index (Phi) is 14.6. The normalized spacial score (nSPS) is 13.2. The molecule has 4 nitrogen and oxygen atoms in total. The van der Waals surface area contributed by atoms with Crippen LogP contribution in [0.5, 0.6) is 0 Å². The lowest BCUT2D eigenvalue weighted by Gasteiger charge is -2.01. The van der Waals surface area contributed by atoms with Crippen molar-refractivity contribution < 1.29 is 20.1 Å². The van der Waals surface area contributed by atoms with E-state index in [-0.39, 0.29) is 30.8 Å². The number of allylic oxidation sites excluding steroid dienone is 7. The molecule has 0 aliphatic carbocycles. The van der Waals surface area contributed by atoms with Crippen LogP contribution in [-0.4, -0.2) is 21.3 Å². The van der Waals surface area contributed by atoms with Crippen LogP contribution in [0, 0.1) is 0 Å². The number of aliphatic carboxylic acids is 1. The molecule has 0 rings (SSSR count). The summed E-state index contributed by atoms with van der Waals surface area (Å²) >= 11 is 0. The molecule has 0 aromatic rings. The van der Waals surface area contributed by atoms with E-state index in [4.69, 9.17) is 5.11 Å². The highest BCUT2D eigenvalue weighted by molar-refractivity contribution is 5.66. The number of hydrogen-bond acceptors (Lipinski definition) is 3. The Balaban J connectivity index is 3.83. The average Bonchev–Trinajstić information content (AvgIpc) is 2.55. The first-order valence-corrected chi connectivity index (χ1v) is 8.88. The molecule has 0 radical (unpaired) electrons. The van der Waals surface area contributed by atoms with E-state index in [9.17, 15) is 15.0 Å². The van der Waals surface area contributed by atoms with Crippen molar-refractivity contribution in [1.82, 2.24) is 0 Å².